The largest absolute Gasteiger partial charge is 0.377 e. The Morgan fingerprint density at radius 2 is 1.94 bits per heavy atom. The van der Waals surface area contributed by atoms with Gasteiger partial charge in [0.05, 0.1) is 41.2 Å². The van der Waals surface area contributed by atoms with Gasteiger partial charge in [-0.05, 0) is 18.9 Å². The molecule has 0 spiro atoms. The molecule has 0 aliphatic carbocycles. The number of fused-ring (bicyclic) bond motifs is 4. The Bertz CT molecular complexity index is 1410. The second-order valence-electron chi connectivity index (χ2n) is 8.85. The van der Waals surface area contributed by atoms with E-state index < -0.39 is 0 Å². The molecule has 9 nitrogen and oxygen atoms in total. The third kappa shape index (κ3) is 2.81. The number of aromatic nitrogens is 5. The highest BCUT2D eigenvalue weighted by molar-refractivity contribution is 6.38. The van der Waals surface area contributed by atoms with Crippen molar-refractivity contribution in [3.63, 3.8) is 0 Å². The Labute approximate surface area is 188 Å². The zero-order chi connectivity index (χ0) is 22.1. The number of nitrogens with two attached hydrogens (primary N) is 1. The number of hydrogen-bond acceptors (Lipinski definition) is 6. The smallest absolute Gasteiger partial charge is 0.264 e. The minimum Gasteiger partial charge on any atom is -0.377 e. The highest BCUT2D eigenvalue weighted by Gasteiger charge is 2.40. The molecule has 0 saturated carbocycles. The first-order valence-electron chi connectivity index (χ1n) is 10.7. The number of anilines is 1. The topological polar surface area (TPSA) is 107 Å². The van der Waals surface area contributed by atoms with Crippen LogP contribution in [0.5, 0.6) is 0 Å². The van der Waals surface area contributed by atoms with E-state index in [1.54, 1.807) is 16.3 Å². The molecule has 2 unspecified atom stereocenters. The lowest BCUT2D eigenvalue weighted by Crippen LogP contribution is -2.61. The van der Waals surface area contributed by atoms with Crippen LogP contribution in [-0.4, -0.2) is 55.7 Å². The van der Waals surface area contributed by atoms with Crippen LogP contribution in [0.3, 0.4) is 0 Å². The van der Waals surface area contributed by atoms with Crippen LogP contribution in [0.25, 0.3) is 33.1 Å². The number of morpholine rings is 1. The second kappa shape index (κ2) is 7.06. The lowest BCUT2D eigenvalue weighted by Gasteiger charge is -2.48. The molecule has 0 amide bonds. The Kier molecular flexibility index (Phi) is 4.36. The maximum absolute atomic E-state index is 13.6. The number of aromatic amines is 1. The fraction of sp³-hybridized carbons (Fsp3) is 0.409. The number of hydrogen-bond donors (Lipinski definition) is 2. The number of ether oxygens (including phenoxy) is 1. The Morgan fingerprint density at radius 1 is 1.19 bits per heavy atom. The van der Waals surface area contributed by atoms with Crippen molar-refractivity contribution in [3.05, 3.63) is 39.9 Å². The summed E-state index contributed by atoms with van der Waals surface area (Å²) in [7, 11) is 3.63. The first-order valence-corrected chi connectivity index (χ1v) is 11.1. The number of nitrogens with one attached hydrogen (secondary N) is 1. The lowest BCUT2D eigenvalue weighted by atomic mass is 9.91. The molecule has 1 aromatic carbocycles. The minimum absolute atomic E-state index is 0.113. The van der Waals surface area contributed by atoms with Gasteiger partial charge in [0.15, 0.2) is 0 Å². The van der Waals surface area contributed by atoms with Crippen LogP contribution in [0.1, 0.15) is 12.8 Å². The van der Waals surface area contributed by atoms with E-state index in [0.717, 1.165) is 34.9 Å². The van der Waals surface area contributed by atoms with Gasteiger partial charge >= 0.3 is 0 Å². The molecule has 2 aliphatic heterocycles. The molecule has 0 radical (unpaired) electrons. The number of piperidine rings is 1. The molecule has 4 aromatic rings. The summed E-state index contributed by atoms with van der Waals surface area (Å²) >= 11 is 6.74. The number of rotatable bonds is 2. The third-order valence-corrected chi connectivity index (χ3v) is 7.11. The standard InChI is InChI=1S/C22H24ClN7O2/c1-28-8-16-17(27-28)4-3-14(19(16)23)15-7-25-20-18(15)21(31)29(2)22(26-20)30-12-5-11(24)6-13(30)10-32-9-12/h3-4,7-8,11-13,25H,5-6,9-10,24H2,1-2H3. The van der Waals surface area contributed by atoms with Crippen molar-refractivity contribution >= 4 is 39.5 Å². The zero-order valence-corrected chi connectivity index (χ0v) is 18.6. The zero-order valence-electron chi connectivity index (χ0n) is 17.9. The molecule has 3 N–H and O–H groups in total. The van der Waals surface area contributed by atoms with Gasteiger partial charge in [-0.1, -0.05) is 17.7 Å². The van der Waals surface area contributed by atoms with Crippen LogP contribution in [0.4, 0.5) is 5.95 Å². The summed E-state index contributed by atoms with van der Waals surface area (Å²) in [5, 5.41) is 6.35. The summed E-state index contributed by atoms with van der Waals surface area (Å²) in [5.74, 6) is 0.648. The highest BCUT2D eigenvalue weighted by Crippen LogP contribution is 2.37. The van der Waals surface area contributed by atoms with E-state index in [1.165, 1.54) is 0 Å². The molecule has 10 heteroatoms. The van der Waals surface area contributed by atoms with E-state index >= 15 is 0 Å². The van der Waals surface area contributed by atoms with Gasteiger partial charge in [-0.15, -0.1) is 0 Å². The van der Waals surface area contributed by atoms with E-state index in [4.69, 9.17) is 27.1 Å². The van der Waals surface area contributed by atoms with E-state index in [-0.39, 0.29) is 23.7 Å². The maximum Gasteiger partial charge on any atom is 0.264 e. The van der Waals surface area contributed by atoms with Crippen molar-refractivity contribution in [2.45, 2.75) is 31.0 Å². The fourth-order valence-corrected chi connectivity index (χ4v) is 5.57. The van der Waals surface area contributed by atoms with E-state index in [0.29, 0.717) is 35.2 Å². The molecule has 166 valence electrons. The molecule has 2 atom stereocenters. The van der Waals surface area contributed by atoms with Crippen molar-refractivity contribution in [3.8, 4) is 11.1 Å². The molecule has 2 bridgehead atoms. The second-order valence-corrected chi connectivity index (χ2v) is 9.23. The first kappa shape index (κ1) is 19.8. The highest BCUT2D eigenvalue weighted by atomic mass is 35.5. The van der Waals surface area contributed by atoms with Crippen LogP contribution in [-0.2, 0) is 18.8 Å². The summed E-state index contributed by atoms with van der Waals surface area (Å²) < 4.78 is 9.13. The Balaban J connectivity index is 1.51. The number of nitrogens with zero attached hydrogens (tertiary/aromatic N) is 5. The summed E-state index contributed by atoms with van der Waals surface area (Å²) in [6.07, 6.45) is 5.33. The van der Waals surface area contributed by atoms with Crippen LogP contribution in [0.15, 0.2) is 29.3 Å². The summed E-state index contributed by atoms with van der Waals surface area (Å²) in [5.41, 5.74) is 9.01. The van der Waals surface area contributed by atoms with Crippen molar-refractivity contribution in [2.75, 3.05) is 18.1 Å². The van der Waals surface area contributed by atoms with Gasteiger partial charge < -0.3 is 20.4 Å². The normalized spacial score (nSPS) is 23.4. The van der Waals surface area contributed by atoms with E-state index in [9.17, 15) is 4.79 Å². The van der Waals surface area contributed by atoms with Crippen molar-refractivity contribution < 1.29 is 4.74 Å². The number of benzene rings is 1. The van der Waals surface area contributed by atoms with Crippen LogP contribution in [0.2, 0.25) is 5.02 Å². The van der Waals surface area contributed by atoms with Gasteiger partial charge in [-0.25, -0.2) is 0 Å². The first-order chi connectivity index (χ1) is 15.4. The van der Waals surface area contributed by atoms with Gasteiger partial charge in [0.1, 0.15) is 5.65 Å². The van der Waals surface area contributed by atoms with Gasteiger partial charge in [0, 0.05) is 49.0 Å². The Morgan fingerprint density at radius 3 is 2.69 bits per heavy atom. The third-order valence-electron chi connectivity index (χ3n) is 6.71. The van der Waals surface area contributed by atoms with Crippen LogP contribution in [0, 0.1) is 0 Å². The number of aryl methyl sites for hydroxylation is 1. The van der Waals surface area contributed by atoms with Crippen LogP contribution >= 0.6 is 11.6 Å². The van der Waals surface area contributed by atoms with Crippen molar-refractivity contribution in [1.82, 2.24) is 24.3 Å². The van der Waals surface area contributed by atoms with Crippen molar-refractivity contribution in [1.29, 1.82) is 0 Å². The summed E-state index contributed by atoms with van der Waals surface area (Å²) in [4.78, 5) is 23.9. The summed E-state index contributed by atoms with van der Waals surface area (Å²) in [6.45, 7) is 1.18. The minimum atomic E-state index is -0.113. The average molecular weight is 454 g/mol. The van der Waals surface area contributed by atoms with Gasteiger partial charge in [-0.3, -0.25) is 14.0 Å². The monoisotopic (exact) mass is 453 g/mol. The van der Waals surface area contributed by atoms with Crippen LogP contribution < -0.4 is 16.2 Å². The van der Waals surface area contributed by atoms with E-state index in [2.05, 4.69) is 15.0 Å². The molecule has 2 saturated heterocycles. The molecule has 32 heavy (non-hydrogen) atoms. The molecule has 2 fully saturated rings. The molecule has 3 aromatic heterocycles. The predicted molar refractivity (Wildman–Crippen MR) is 124 cm³/mol. The SMILES string of the molecule is Cn1cc2c(Cl)c(-c3c[nH]c4nc(N5C6COCC5CC(N)C6)n(C)c(=O)c34)ccc2n1. The maximum atomic E-state index is 13.6. The average Bonchev–Trinajstić information content (AvgIpc) is 3.34. The lowest BCUT2D eigenvalue weighted by molar-refractivity contribution is 0.0399. The van der Waals surface area contributed by atoms with Gasteiger partial charge in [0.25, 0.3) is 5.56 Å². The fourth-order valence-electron chi connectivity index (χ4n) is 5.26. The number of halogens is 1. The van der Waals surface area contributed by atoms with Gasteiger partial charge in [0.2, 0.25) is 5.95 Å². The quantitative estimate of drug-likeness (QED) is 0.481. The Hall–Kier alpha value is -2.88. The molecular weight excluding hydrogens is 430 g/mol. The van der Waals surface area contributed by atoms with E-state index in [1.807, 2.05) is 31.6 Å². The van der Waals surface area contributed by atoms with Crippen molar-refractivity contribution in [2.24, 2.45) is 19.8 Å². The predicted octanol–water partition coefficient (Wildman–Crippen LogP) is 2.16. The van der Waals surface area contributed by atoms with Gasteiger partial charge in [-0.2, -0.15) is 10.1 Å². The molecule has 6 rings (SSSR count). The molecular formula is C22H24ClN7O2. The molecule has 2 aliphatic rings. The summed E-state index contributed by atoms with van der Waals surface area (Å²) in [6, 6.07) is 4.20. The molecule has 5 heterocycles. The number of H-pyrrole nitrogens is 1.